The van der Waals surface area contributed by atoms with Gasteiger partial charge in [0.05, 0.1) is 13.5 Å². The van der Waals surface area contributed by atoms with Gasteiger partial charge in [-0.1, -0.05) is 12.1 Å². The third-order valence-corrected chi connectivity index (χ3v) is 5.12. The minimum Gasteiger partial charge on any atom is -0.495 e. The number of aliphatic carboxylic acids is 1. The molecule has 0 aromatic heterocycles. The van der Waals surface area contributed by atoms with Crippen molar-refractivity contribution in [2.45, 2.75) is 37.6 Å². The molecule has 1 aromatic carbocycles. The molecule has 0 saturated carbocycles. The standard InChI is InChI=1S/C14H21NO5S/c1-14(2,3)15(10-9-13(16)17)21(18,19)12-8-6-5-7-11(12)20-4/h5-8H,9-10H2,1-4H3,(H,16,17). The van der Waals surface area contributed by atoms with Crippen LogP contribution in [0.25, 0.3) is 0 Å². The normalized spacial score (nSPS) is 12.4. The maximum Gasteiger partial charge on any atom is 0.304 e. The molecule has 0 saturated heterocycles. The maximum atomic E-state index is 12.8. The van der Waals surface area contributed by atoms with E-state index in [2.05, 4.69) is 0 Å². The first-order valence-electron chi connectivity index (χ1n) is 6.48. The fourth-order valence-electron chi connectivity index (χ4n) is 1.96. The van der Waals surface area contributed by atoms with Crippen LogP contribution < -0.4 is 4.74 Å². The fourth-order valence-corrected chi connectivity index (χ4v) is 3.91. The van der Waals surface area contributed by atoms with E-state index in [0.717, 1.165) is 0 Å². The molecule has 0 atom stereocenters. The van der Waals surface area contributed by atoms with Crippen LogP contribution in [0.5, 0.6) is 5.75 Å². The Morgan fingerprint density at radius 1 is 1.29 bits per heavy atom. The van der Waals surface area contributed by atoms with Crippen molar-refractivity contribution in [3.63, 3.8) is 0 Å². The van der Waals surface area contributed by atoms with Crippen molar-refractivity contribution in [2.75, 3.05) is 13.7 Å². The number of benzene rings is 1. The number of sulfonamides is 1. The summed E-state index contributed by atoms with van der Waals surface area (Å²) in [6, 6.07) is 6.29. The number of carboxylic acids is 1. The van der Waals surface area contributed by atoms with Crippen molar-refractivity contribution in [2.24, 2.45) is 0 Å². The van der Waals surface area contributed by atoms with Crippen molar-refractivity contribution >= 4 is 16.0 Å². The molecule has 0 aliphatic heterocycles. The second kappa shape index (κ2) is 6.44. The predicted octanol–water partition coefficient (Wildman–Crippen LogP) is 1.96. The zero-order valence-electron chi connectivity index (χ0n) is 12.7. The van der Waals surface area contributed by atoms with E-state index in [1.807, 2.05) is 0 Å². The lowest BCUT2D eigenvalue weighted by molar-refractivity contribution is -0.137. The lowest BCUT2D eigenvalue weighted by atomic mass is 10.1. The monoisotopic (exact) mass is 315 g/mol. The van der Waals surface area contributed by atoms with Crippen molar-refractivity contribution in [1.29, 1.82) is 0 Å². The van der Waals surface area contributed by atoms with Crippen LogP contribution in [0.3, 0.4) is 0 Å². The van der Waals surface area contributed by atoms with E-state index in [1.54, 1.807) is 39.0 Å². The molecule has 0 spiro atoms. The minimum atomic E-state index is -3.85. The van der Waals surface area contributed by atoms with Gasteiger partial charge in [0.15, 0.2) is 0 Å². The van der Waals surface area contributed by atoms with Crippen LogP contribution in [0.1, 0.15) is 27.2 Å². The highest BCUT2D eigenvalue weighted by Gasteiger charge is 2.35. The van der Waals surface area contributed by atoms with Crippen molar-refractivity contribution in [3.05, 3.63) is 24.3 Å². The van der Waals surface area contributed by atoms with Gasteiger partial charge in [-0.3, -0.25) is 4.79 Å². The van der Waals surface area contributed by atoms with E-state index < -0.39 is 21.5 Å². The predicted molar refractivity (Wildman–Crippen MR) is 78.9 cm³/mol. The zero-order chi connectivity index (χ0) is 16.3. The molecular weight excluding hydrogens is 294 g/mol. The first kappa shape index (κ1) is 17.5. The smallest absolute Gasteiger partial charge is 0.304 e. The highest BCUT2D eigenvalue weighted by atomic mass is 32.2. The highest BCUT2D eigenvalue weighted by molar-refractivity contribution is 7.89. The van der Waals surface area contributed by atoms with Gasteiger partial charge in [0, 0.05) is 12.1 Å². The summed E-state index contributed by atoms with van der Waals surface area (Å²) in [5.41, 5.74) is -0.741. The average molecular weight is 315 g/mol. The number of hydrogen-bond acceptors (Lipinski definition) is 4. The van der Waals surface area contributed by atoms with Gasteiger partial charge < -0.3 is 9.84 Å². The summed E-state index contributed by atoms with van der Waals surface area (Å²) in [4.78, 5) is 10.8. The summed E-state index contributed by atoms with van der Waals surface area (Å²) in [7, 11) is -2.46. The quantitative estimate of drug-likeness (QED) is 0.867. The number of nitrogens with zero attached hydrogens (tertiary/aromatic N) is 1. The summed E-state index contributed by atoms with van der Waals surface area (Å²) in [6.07, 6.45) is -0.258. The third-order valence-electron chi connectivity index (χ3n) is 2.91. The van der Waals surface area contributed by atoms with Crippen LogP contribution in [0.15, 0.2) is 29.2 Å². The Labute approximate surface area is 125 Å². The molecule has 0 amide bonds. The lowest BCUT2D eigenvalue weighted by Crippen LogP contribution is -2.46. The molecule has 0 unspecified atom stereocenters. The molecule has 118 valence electrons. The Morgan fingerprint density at radius 2 is 1.86 bits per heavy atom. The van der Waals surface area contributed by atoms with E-state index in [9.17, 15) is 13.2 Å². The van der Waals surface area contributed by atoms with Crippen LogP contribution in [0.2, 0.25) is 0 Å². The average Bonchev–Trinajstić information content (AvgIpc) is 2.36. The SMILES string of the molecule is COc1ccccc1S(=O)(=O)N(CCC(=O)O)C(C)(C)C. The topological polar surface area (TPSA) is 83.9 Å². The molecule has 1 N–H and O–H groups in total. The van der Waals surface area contributed by atoms with Gasteiger partial charge in [0.1, 0.15) is 10.6 Å². The molecule has 0 radical (unpaired) electrons. The zero-order valence-corrected chi connectivity index (χ0v) is 13.5. The number of carbonyl (C=O) groups is 1. The number of methoxy groups -OCH3 is 1. The van der Waals surface area contributed by atoms with E-state index in [4.69, 9.17) is 9.84 Å². The van der Waals surface area contributed by atoms with Crippen molar-refractivity contribution in [1.82, 2.24) is 4.31 Å². The molecule has 21 heavy (non-hydrogen) atoms. The molecular formula is C14H21NO5S. The summed E-state index contributed by atoms with van der Waals surface area (Å²) < 4.78 is 31.9. The Hall–Kier alpha value is -1.60. The first-order chi connectivity index (χ1) is 9.60. The molecule has 0 aliphatic carbocycles. The number of hydrogen-bond donors (Lipinski definition) is 1. The molecule has 1 aromatic rings. The van der Waals surface area contributed by atoms with E-state index in [1.165, 1.54) is 17.5 Å². The number of rotatable bonds is 6. The Morgan fingerprint density at radius 3 is 2.33 bits per heavy atom. The van der Waals surface area contributed by atoms with E-state index in [0.29, 0.717) is 0 Å². The molecule has 0 fully saturated rings. The van der Waals surface area contributed by atoms with Gasteiger partial charge in [-0.2, -0.15) is 4.31 Å². The van der Waals surface area contributed by atoms with Gasteiger partial charge in [0.25, 0.3) is 0 Å². The Kier molecular flexibility index (Phi) is 5.36. The molecule has 0 aliphatic rings. The third kappa shape index (κ3) is 4.18. The second-order valence-corrected chi connectivity index (χ2v) is 7.37. The molecule has 6 nitrogen and oxygen atoms in total. The van der Waals surface area contributed by atoms with Gasteiger partial charge in [-0.25, -0.2) is 8.42 Å². The number of para-hydroxylation sites is 1. The second-order valence-electron chi connectivity index (χ2n) is 5.54. The van der Waals surface area contributed by atoms with Crippen LogP contribution >= 0.6 is 0 Å². The largest absolute Gasteiger partial charge is 0.495 e. The molecule has 1 rings (SSSR count). The molecule has 0 bridgehead atoms. The van der Waals surface area contributed by atoms with Crippen LogP contribution in [0.4, 0.5) is 0 Å². The van der Waals surface area contributed by atoms with Crippen LogP contribution in [0, 0.1) is 0 Å². The number of ether oxygens (including phenoxy) is 1. The van der Waals surface area contributed by atoms with Crippen LogP contribution in [-0.2, 0) is 14.8 Å². The number of carboxylic acid groups (broad SMARTS) is 1. The summed E-state index contributed by atoms with van der Waals surface area (Å²) in [5, 5.41) is 8.82. The Balaban J connectivity index is 3.30. The van der Waals surface area contributed by atoms with E-state index >= 15 is 0 Å². The van der Waals surface area contributed by atoms with Gasteiger partial charge in [0.2, 0.25) is 10.0 Å². The van der Waals surface area contributed by atoms with Gasteiger partial charge in [-0.15, -0.1) is 0 Å². The first-order valence-corrected chi connectivity index (χ1v) is 7.92. The van der Waals surface area contributed by atoms with Gasteiger partial charge >= 0.3 is 5.97 Å². The van der Waals surface area contributed by atoms with Crippen LogP contribution in [-0.4, -0.2) is 43.0 Å². The highest BCUT2D eigenvalue weighted by Crippen LogP contribution is 2.30. The van der Waals surface area contributed by atoms with Crippen molar-refractivity contribution < 1.29 is 23.1 Å². The lowest BCUT2D eigenvalue weighted by Gasteiger charge is -2.34. The Bertz CT molecular complexity index is 604. The fraction of sp³-hybridized carbons (Fsp3) is 0.500. The molecule has 0 heterocycles. The van der Waals surface area contributed by atoms with Gasteiger partial charge in [-0.05, 0) is 32.9 Å². The van der Waals surface area contributed by atoms with Crippen molar-refractivity contribution in [3.8, 4) is 5.75 Å². The summed E-state index contributed by atoms with van der Waals surface area (Å²) >= 11 is 0. The summed E-state index contributed by atoms with van der Waals surface area (Å²) in [6.45, 7) is 5.07. The summed E-state index contributed by atoms with van der Waals surface area (Å²) in [5.74, 6) is -0.804. The van der Waals surface area contributed by atoms with E-state index in [-0.39, 0.29) is 23.6 Å². The molecule has 7 heteroatoms. The minimum absolute atomic E-state index is 0.0350. The maximum absolute atomic E-state index is 12.8.